The fourth-order valence-corrected chi connectivity index (χ4v) is 2.42. The molecule has 0 saturated carbocycles. The zero-order chi connectivity index (χ0) is 18.7. The van der Waals surface area contributed by atoms with Gasteiger partial charge in [0.05, 0.1) is 17.5 Å². The summed E-state index contributed by atoms with van der Waals surface area (Å²) in [5.41, 5.74) is 0.324. The summed E-state index contributed by atoms with van der Waals surface area (Å²) in [7, 11) is 2.87. The van der Waals surface area contributed by atoms with E-state index in [2.05, 4.69) is 19.9 Å². The third-order valence-electron chi connectivity index (χ3n) is 4.51. The van der Waals surface area contributed by atoms with Crippen LogP contribution in [0.2, 0.25) is 5.82 Å². The smallest absolute Gasteiger partial charge is 0.419 e. The minimum absolute atomic E-state index is 0.122. The molecule has 1 heterocycles. The Bertz CT molecular complexity index is 493. The van der Waals surface area contributed by atoms with Crippen LogP contribution in [0.3, 0.4) is 0 Å². The normalized spacial score (nSPS) is 21.4. The molecule has 6 heteroatoms. The van der Waals surface area contributed by atoms with E-state index in [9.17, 15) is 4.79 Å². The van der Waals surface area contributed by atoms with E-state index in [0.717, 1.165) is 5.57 Å². The Morgan fingerprint density at radius 1 is 1.12 bits per heavy atom. The lowest BCUT2D eigenvalue weighted by atomic mass is 9.67. The lowest BCUT2D eigenvalue weighted by molar-refractivity contribution is 0.00578. The van der Waals surface area contributed by atoms with Crippen molar-refractivity contribution in [3.8, 4) is 0 Å². The Labute approximate surface area is 147 Å². The highest BCUT2D eigenvalue weighted by Crippen LogP contribution is 2.42. The van der Waals surface area contributed by atoms with Crippen LogP contribution >= 0.6 is 0 Å². The summed E-state index contributed by atoms with van der Waals surface area (Å²) in [6.45, 7) is 14.4. The molecule has 0 aromatic heterocycles. The van der Waals surface area contributed by atoms with Gasteiger partial charge in [0.2, 0.25) is 0 Å². The molecule has 1 atom stereocenters. The molecule has 0 aliphatic carbocycles. The van der Waals surface area contributed by atoms with Crippen LogP contribution in [0, 0.1) is 5.92 Å². The van der Waals surface area contributed by atoms with Crippen molar-refractivity contribution in [2.24, 2.45) is 5.92 Å². The average Bonchev–Trinajstić information content (AvgIpc) is 2.61. The van der Waals surface area contributed by atoms with Crippen molar-refractivity contribution >= 4 is 13.2 Å². The Kier molecular flexibility index (Phi) is 6.71. The first-order valence-corrected chi connectivity index (χ1v) is 8.46. The van der Waals surface area contributed by atoms with Gasteiger partial charge in [0.1, 0.15) is 0 Å². The van der Waals surface area contributed by atoms with Crippen LogP contribution in [0.1, 0.15) is 48.5 Å². The molecule has 0 aromatic carbocycles. The van der Waals surface area contributed by atoms with Crippen LogP contribution in [-0.4, -0.2) is 43.4 Å². The van der Waals surface area contributed by atoms with Crippen LogP contribution in [0.5, 0.6) is 0 Å². The molecule has 1 aliphatic rings. The van der Waals surface area contributed by atoms with Gasteiger partial charge in [0.15, 0.2) is 0 Å². The molecular formula is C18H32BNO4. The van der Waals surface area contributed by atoms with E-state index in [-0.39, 0.29) is 5.82 Å². The van der Waals surface area contributed by atoms with Gasteiger partial charge in [-0.3, -0.25) is 0 Å². The number of carbonyl (C=O) groups excluding carboxylic acids is 1. The molecule has 0 radical (unpaired) electrons. The molecule has 1 saturated heterocycles. The molecule has 1 amide bonds. The van der Waals surface area contributed by atoms with E-state index < -0.39 is 24.4 Å². The zero-order valence-corrected chi connectivity index (χ0v) is 16.5. The topological polar surface area (TPSA) is 48.0 Å². The van der Waals surface area contributed by atoms with Crippen molar-refractivity contribution in [2.45, 2.75) is 65.5 Å². The third-order valence-corrected chi connectivity index (χ3v) is 4.51. The summed E-state index contributed by atoms with van der Waals surface area (Å²) in [6, 6.07) is 0. The second-order valence-electron chi connectivity index (χ2n) is 7.91. The minimum atomic E-state index is -0.417. The summed E-state index contributed by atoms with van der Waals surface area (Å²) >= 11 is 0. The summed E-state index contributed by atoms with van der Waals surface area (Å²) in [4.78, 5) is 13.0. The lowest BCUT2D eigenvalue weighted by Crippen LogP contribution is -2.41. The van der Waals surface area contributed by atoms with E-state index in [1.165, 1.54) is 11.2 Å². The minimum Gasteiger partial charge on any atom is -0.419 e. The fourth-order valence-electron chi connectivity index (χ4n) is 2.42. The predicted octanol–water partition coefficient (Wildman–Crippen LogP) is 4.26. The first kappa shape index (κ1) is 20.8. The number of hydrogen-bond acceptors (Lipinski definition) is 4. The summed E-state index contributed by atoms with van der Waals surface area (Å²) < 4.78 is 17.5. The molecule has 0 spiro atoms. The van der Waals surface area contributed by atoms with Gasteiger partial charge in [-0.2, -0.15) is 0 Å². The largest absolute Gasteiger partial charge is 0.469 e. The van der Waals surface area contributed by atoms with Gasteiger partial charge in [-0.15, -0.1) is 0 Å². The maximum absolute atomic E-state index is 11.6. The SMILES string of the molecule is C/C(=C\C(C)C)C(/C=C/OC(=O)N(C)C)B1OC(C)(C)C(C)(C)O1. The number of rotatable bonds is 5. The lowest BCUT2D eigenvalue weighted by Gasteiger charge is -2.32. The summed E-state index contributed by atoms with van der Waals surface area (Å²) in [6.07, 6.45) is 5.02. The third kappa shape index (κ3) is 5.11. The molecule has 0 bridgehead atoms. The molecule has 136 valence electrons. The van der Waals surface area contributed by atoms with Crippen molar-refractivity contribution < 1.29 is 18.8 Å². The standard InChI is InChI=1S/C18H32BNO4/c1-13(2)12-14(3)15(10-11-22-16(21)20(8)9)19-23-17(4,5)18(6,7)24-19/h10-13,15H,1-9H3/b11-10+,14-12+. The first-order valence-electron chi connectivity index (χ1n) is 8.46. The van der Waals surface area contributed by atoms with E-state index >= 15 is 0 Å². The maximum atomic E-state index is 11.6. The number of nitrogens with zero attached hydrogens (tertiary/aromatic N) is 1. The number of hydrogen-bond donors (Lipinski definition) is 0. The van der Waals surface area contributed by atoms with E-state index in [0.29, 0.717) is 5.92 Å². The number of ether oxygens (including phenoxy) is 1. The van der Waals surface area contributed by atoms with Crippen LogP contribution < -0.4 is 0 Å². The molecule has 1 fully saturated rings. The van der Waals surface area contributed by atoms with Crippen LogP contribution in [0.4, 0.5) is 4.79 Å². The van der Waals surface area contributed by atoms with Crippen LogP contribution in [-0.2, 0) is 14.0 Å². The predicted molar refractivity (Wildman–Crippen MR) is 97.7 cm³/mol. The molecule has 24 heavy (non-hydrogen) atoms. The Morgan fingerprint density at radius 3 is 2.04 bits per heavy atom. The van der Waals surface area contributed by atoms with Gasteiger partial charge in [0.25, 0.3) is 0 Å². The van der Waals surface area contributed by atoms with Gasteiger partial charge in [0, 0.05) is 19.9 Å². The molecule has 0 aromatic rings. The zero-order valence-electron chi connectivity index (χ0n) is 16.5. The Hall–Kier alpha value is -1.27. The highest BCUT2D eigenvalue weighted by Gasteiger charge is 2.53. The Morgan fingerprint density at radius 2 is 1.62 bits per heavy atom. The van der Waals surface area contributed by atoms with Crippen LogP contribution in [0.25, 0.3) is 0 Å². The van der Waals surface area contributed by atoms with Crippen molar-refractivity contribution in [2.75, 3.05) is 14.1 Å². The van der Waals surface area contributed by atoms with Gasteiger partial charge >= 0.3 is 13.2 Å². The van der Waals surface area contributed by atoms with Crippen molar-refractivity contribution in [1.82, 2.24) is 4.90 Å². The van der Waals surface area contributed by atoms with Gasteiger partial charge in [-0.05, 0) is 46.6 Å². The van der Waals surface area contributed by atoms with Crippen molar-refractivity contribution in [3.63, 3.8) is 0 Å². The first-order chi connectivity index (χ1) is 10.9. The molecule has 5 nitrogen and oxygen atoms in total. The molecule has 1 unspecified atom stereocenters. The van der Waals surface area contributed by atoms with Gasteiger partial charge < -0.3 is 18.9 Å². The molecule has 1 aliphatic heterocycles. The van der Waals surface area contributed by atoms with Crippen molar-refractivity contribution in [1.29, 1.82) is 0 Å². The van der Waals surface area contributed by atoms with Gasteiger partial charge in [-0.25, -0.2) is 4.79 Å². The van der Waals surface area contributed by atoms with Crippen LogP contribution in [0.15, 0.2) is 24.0 Å². The monoisotopic (exact) mass is 337 g/mol. The number of allylic oxidation sites excluding steroid dienone is 3. The highest BCUT2D eigenvalue weighted by atomic mass is 16.7. The quantitative estimate of drug-likeness (QED) is 0.427. The fraction of sp³-hybridized carbons (Fsp3) is 0.722. The second-order valence-corrected chi connectivity index (χ2v) is 7.91. The van der Waals surface area contributed by atoms with Gasteiger partial charge in [-0.1, -0.05) is 25.5 Å². The molecule has 1 rings (SSSR count). The Balaban J connectivity index is 3.00. The average molecular weight is 337 g/mol. The van der Waals surface area contributed by atoms with E-state index in [1.54, 1.807) is 14.1 Å². The van der Waals surface area contributed by atoms with Crippen molar-refractivity contribution in [3.05, 3.63) is 24.0 Å². The molecule has 0 N–H and O–H groups in total. The summed E-state index contributed by atoms with van der Waals surface area (Å²) in [5, 5.41) is 0. The van der Waals surface area contributed by atoms with E-state index in [1.807, 2.05) is 40.7 Å². The summed E-state index contributed by atoms with van der Waals surface area (Å²) in [5.74, 6) is 0.288. The molecular weight excluding hydrogens is 305 g/mol. The highest BCUT2D eigenvalue weighted by molar-refractivity contribution is 6.49. The van der Waals surface area contributed by atoms with E-state index in [4.69, 9.17) is 14.0 Å². The number of carbonyl (C=O) groups is 1. The number of amides is 1. The second kappa shape index (κ2) is 7.75. The maximum Gasteiger partial charge on any atom is 0.469 e.